The number of hydrogen-bond acceptors (Lipinski definition) is 5. The van der Waals surface area contributed by atoms with E-state index in [1.165, 1.54) is 0 Å². The maximum atomic E-state index is 10.1. The highest BCUT2D eigenvalue weighted by Gasteiger charge is 2.19. The molecule has 3 heterocycles. The molecule has 24 heavy (non-hydrogen) atoms. The first kappa shape index (κ1) is 14.6. The van der Waals surface area contributed by atoms with Crippen LogP contribution in [-0.2, 0) is 6.54 Å². The second kappa shape index (κ2) is 5.04. The zero-order valence-corrected chi connectivity index (χ0v) is 13.5. The molecule has 0 aliphatic rings. The zero-order chi connectivity index (χ0) is 16.9. The number of anilines is 1. The van der Waals surface area contributed by atoms with E-state index in [0.717, 1.165) is 33.1 Å². The average Bonchev–Trinajstić information content (AvgIpc) is 3.15. The van der Waals surface area contributed by atoms with Crippen molar-refractivity contribution in [3.63, 3.8) is 0 Å². The van der Waals surface area contributed by atoms with Crippen LogP contribution in [0.25, 0.3) is 33.1 Å². The largest absolute Gasteiger partial charge is 0.389 e. The third-order valence-corrected chi connectivity index (χ3v) is 3.94. The Morgan fingerprint density at radius 2 is 2.08 bits per heavy atom. The van der Waals surface area contributed by atoms with E-state index >= 15 is 0 Å². The smallest absolute Gasteiger partial charge is 0.135 e. The van der Waals surface area contributed by atoms with Gasteiger partial charge in [0.2, 0.25) is 0 Å². The Labute approximate surface area is 138 Å². The Morgan fingerprint density at radius 3 is 2.79 bits per heavy atom. The first-order valence-corrected chi connectivity index (χ1v) is 7.70. The van der Waals surface area contributed by atoms with E-state index in [0.29, 0.717) is 12.4 Å². The number of nitrogens with two attached hydrogens (primary N) is 1. The molecular formula is C17H18N6O. The lowest BCUT2D eigenvalue weighted by Gasteiger charge is -2.18. The van der Waals surface area contributed by atoms with Gasteiger partial charge in [0, 0.05) is 17.1 Å². The van der Waals surface area contributed by atoms with Gasteiger partial charge >= 0.3 is 0 Å². The number of hydrogen-bond donors (Lipinski definition) is 3. The average molecular weight is 322 g/mol. The fourth-order valence-electron chi connectivity index (χ4n) is 2.94. The van der Waals surface area contributed by atoms with Gasteiger partial charge in [0.05, 0.1) is 40.5 Å². The quantitative estimate of drug-likeness (QED) is 0.537. The van der Waals surface area contributed by atoms with Gasteiger partial charge in [-0.2, -0.15) is 10.2 Å². The number of rotatable bonds is 3. The number of aromatic nitrogens is 5. The molecular weight excluding hydrogens is 304 g/mol. The second-order valence-electron chi connectivity index (χ2n) is 6.57. The van der Waals surface area contributed by atoms with Gasteiger partial charge in [0.15, 0.2) is 0 Å². The predicted octanol–water partition coefficient (Wildman–Crippen LogP) is 2.33. The van der Waals surface area contributed by atoms with Gasteiger partial charge in [-0.1, -0.05) is 6.07 Å². The molecule has 0 aliphatic carbocycles. The van der Waals surface area contributed by atoms with Crippen molar-refractivity contribution in [2.24, 2.45) is 0 Å². The summed E-state index contributed by atoms with van der Waals surface area (Å²) in [6.45, 7) is 3.88. The van der Waals surface area contributed by atoms with E-state index in [1.807, 2.05) is 24.3 Å². The van der Waals surface area contributed by atoms with Gasteiger partial charge in [-0.15, -0.1) is 0 Å². The molecule has 7 nitrogen and oxygen atoms in total. The number of nitrogens with zero attached hydrogens (tertiary/aromatic N) is 4. The molecule has 4 N–H and O–H groups in total. The molecule has 1 aromatic carbocycles. The molecule has 4 aromatic rings. The van der Waals surface area contributed by atoms with Crippen molar-refractivity contribution >= 4 is 27.6 Å². The summed E-state index contributed by atoms with van der Waals surface area (Å²) in [6, 6.07) is 7.86. The van der Waals surface area contributed by atoms with Crippen LogP contribution in [0, 0.1) is 0 Å². The second-order valence-corrected chi connectivity index (χ2v) is 6.57. The summed E-state index contributed by atoms with van der Waals surface area (Å²) in [5, 5.41) is 23.3. The number of pyridine rings is 1. The lowest BCUT2D eigenvalue weighted by Crippen LogP contribution is -2.26. The molecule has 0 fully saturated rings. The molecule has 0 spiro atoms. The Morgan fingerprint density at radius 1 is 1.25 bits per heavy atom. The van der Waals surface area contributed by atoms with Crippen LogP contribution in [0.4, 0.5) is 5.82 Å². The topological polar surface area (TPSA) is 106 Å². The molecule has 0 radical (unpaired) electrons. The van der Waals surface area contributed by atoms with Crippen LogP contribution in [0.3, 0.4) is 0 Å². The Hall–Kier alpha value is -2.93. The predicted molar refractivity (Wildman–Crippen MR) is 93.3 cm³/mol. The highest BCUT2D eigenvalue weighted by molar-refractivity contribution is 6.08. The van der Waals surface area contributed by atoms with Crippen molar-refractivity contribution in [1.29, 1.82) is 0 Å². The highest BCUT2D eigenvalue weighted by Crippen LogP contribution is 2.31. The molecule has 7 heteroatoms. The number of benzene rings is 1. The van der Waals surface area contributed by atoms with Crippen LogP contribution in [0.1, 0.15) is 13.8 Å². The van der Waals surface area contributed by atoms with Crippen LogP contribution in [-0.4, -0.2) is 35.7 Å². The summed E-state index contributed by atoms with van der Waals surface area (Å²) < 4.78 is 1.78. The molecule has 0 atom stereocenters. The summed E-state index contributed by atoms with van der Waals surface area (Å²) in [4.78, 5) is 4.51. The van der Waals surface area contributed by atoms with Crippen molar-refractivity contribution in [3.05, 3.63) is 36.7 Å². The lowest BCUT2D eigenvalue weighted by atomic mass is 10.1. The number of fused-ring (bicyclic) bond motifs is 3. The fourth-order valence-corrected chi connectivity index (χ4v) is 2.94. The Bertz CT molecular complexity index is 1030. The monoisotopic (exact) mass is 322 g/mol. The van der Waals surface area contributed by atoms with Gasteiger partial charge in [0.25, 0.3) is 0 Å². The van der Waals surface area contributed by atoms with Crippen molar-refractivity contribution in [2.45, 2.75) is 26.0 Å². The molecule has 0 amide bonds. The third kappa shape index (κ3) is 2.39. The summed E-state index contributed by atoms with van der Waals surface area (Å²) >= 11 is 0. The van der Waals surface area contributed by atoms with Crippen LogP contribution in [0.5, 0.6) is 0 Å². The first-order chi connectivity index (χ1) is 11.4. The van der Waals surface area contributed by atoms with E-state index in [9.17, 15) is 5.11 Å². The van der Waals surface area contributed by atoms with E-state index in [2.05, 4.69) is 20.3 Å². The van der Waals surface area contributed by atoms with Crippen LogP contribution >= 0.6 is 0 Å². The molecule has 122 valence electrons. The van der Waals surface area contributed by atoms with Gasteiger partial charge in [-0.3, -0.25) is 9.78 Å². The molecule has 0 bridgehead atoms. The Kier molecular flexibility index (Phi) is 3.07. The molecule has 0 saturated carbocycles. The minimum absolute atomic E-state index is 0.371. The van der Waals surface area contributed by atoms with E-state index in [1.54, 1.807) is 30.9 Å². The molecule has 0 saturated heterocycles. The molecule has 0 aliphatic heterocycles. The Balaban J connectivity index is 1.97. The van der Waals surface area contributed by atoms with Crippen LogP contribution in [0.15, 0.2) is 36.7 Å². The first-order valence-electron chi connectivity index (χ1n) is 7.70. The number of aromatic amines is 1. The maximum Gasteiger partial charge on any atom is 0.135 e. The van der Waals surface area contributed by atoms with Gasteiger partial charge < -0.3 is 10.8 Å². The van der Waals surface area contributed by atoms with Gasteiger partial charge in [-0.05, 0) is 32.0 Å². The molecule has 0 unspecified atom stereocenters. The van der Waals surface area contributed by atoms with Crippen molar-refractivity contribution in [1.82, 2.24) is 25.0 Å². The fraction of sp³-hybridized carbons (Fsp3) is 0.235. The molecule has 4 rings (SSSR count). The van der Waals surface area contributed by atoms with Crippen molar-refractivity contribution < 1.29 is 5.11 Å². The standard InChI is InChI=1S/C17H18N6O/c1-17(2,24)9-23-15-11-4-3-10(13-5-6-19-22-13)7-14(11)21-16(18)12(15)8-20-23/h3-8,24H,9H2,1-2H3,(H2,18,21)(H,19,22). The summed E-state index contributed by atoms with van der Waals surface area (Å²) in [5.74, 6) is 0.429. The van der Waals surface area contributed by atoms with E-state index in [4.69, 9.17) is 5.73 Å². The maximum absolute atomic E-state index is 10.1. The summed E-state index contributed by atoms with van der Waals surface area (Å²) in [7, 11) is 0. The molecule has 3 aromatic heterocycles. The third-order valence-electron chi connectivity index (χ3n) is 3.94. The summed E-state index contributed by atoms with van der Waals surface area (Å²) in [5.41, 5.74) is 8.71. The zero-order valence-electron chi connectivity index (χ0n) is 13.5. The van der Waals surface area contributed by atoms with Crippen LogP contribution in [0.2, 0.25) is 0 Å². The normalized spacial score (nSPS) is 12.3. The van der Waals surface area contributed by atoms with Crippen LogP contribution < -0.4 is 5.73 Å². The minimum atomic E-state index is -0.877. The SMILES string of the molecule is CC(C)(O)Cn1ncc2c(N)nc3cc(-c4cc[nH]n4)ccc3c21. The number of aliphatic hydroxyl groups is 1. The summed E-state index contributed by atoms with van der Waals surface area (Å²) in [6.07, 6.45) is 3.48. The van der Waals surface area contributed by atoms with Gasteiger partial charge in [0.1, 0.15) is 5.82 Å². The van der Waals surface area contributed by atoms with E-state index < -0.39 is 5.60 Å². The lowest BCUT2D eigenvalue weighted by molar-refractivity contribution is 0.0592. The van der Waals surface area contributed by atoms with Gasteiger partial charge in [-0.25, -0.2) is 4.98 Å². The number of nitrogen functional groups attached to an aromatic ring is 1. The number of nitrogens with one attached hydrogen (secondary N) is 1. The number of H-pyrrole nitrogens is 1. The minimum Gasteiger partial charge on any atom is -0.389 e. The van der Waals surface area contributed by atoms with Crippen molar-refractivity contribution in [2.75, 3.05) is 5.73 Å². The highest BCUT2D eigenvalue weighted by atomic mass is 16.3. The van der Waals surface area contributed by atoms with E-state index in [-0.39, 0.29) is 0 Å². The van der Waals surface area contributed by atoms with Crippen molar-refractivity contribution in [3.8, 4) is 11.3 Å².